The number of fused-ring (bicyclic) bond motifs is 1. The lowest BCUT2D eigenvalue weighted by molar-refractivity contribution is 0.198. The molecule has 25 heavy (non-hydrogen) atoms. The normalized spacial score (nSPS) is 12.8. The molecule has 2 aromatic heterocycles. The van der Waals surface area contributed by atoms with Crippen LogP contribution in [-0.2, 0) is 6.54 Å². The fraction of sp³-hybridized carbons (Fsp3) is 0.200. The highest BCUT2D eigenvalue weighted by atomic mass is 16.5. The molecule has 126 valence electrons. The van der Waals surface area contributed by atoms with Crippen molar-refractivity contribution in [3.8, 4) is 11.4 Å². The van der Waals surface area contributed by atoms with Crippen molar-refractivity contribution in [3.05, 3.63) is 72.3 Å². The van der Waals surface area contributed by atoms with E-state index in [1.807, 2.05) is 55.6 Å². The zero-order chi connectivity index (χ0) is 17.2. The quantitative estimate of drug-likeness (QED) is 0.531. The zero-order valence-electron chi connectivity index (χ0n) is 14.2. The van der Waals surface area contributed by atoms with E-state index in [0.29, 0.717) is 18.3 Å². The average molecular weight is 333 g/mol. The molecule has 4 aromatic rings. The van der Waals surface area contributed by atoms with Crippen LogP contribution >= 0.6 is 0 Å². The molecule has 0 aliphatic rings. The Bertz CT molecular complexity index is 942. The van der Waals surface area contributed by atoms with Gasteiger partial charge in [0.25, 0.3) is 0 Å². The summed E-state index contributed by atoms with van der Waals surface area (Å²) in [7, 11) is 2.02. The summed E-state index contributed by atoms with van der Waals surface area (Å²) in [6.07, 6.45) is 0. The molecule has 0 bridgehead atoms. The number of nitrogens with zero attached hydrogens (tertiary/aromatic N) is 3. The van der Waals surface area contributed by atoms with Gasteiger partial charge >= 0.3 is 0 Å². The van der Waals surface area contributed by atoms with Gasteiger partial charge in [0, 0.05) is 10.9 Å². The highest BCUT2D eigenvalue weighted by Gasteiger charge is 2.19. The molecule has 0 saturated heterocycles. The summed E-state index contributed by atoms with van der Waals surface area (Å²) in [6.45, 7) is 2.66. The molecule has 0 saturated carbocycles. The van der Waals surface area contributed by atoms with Gasteiger partial charge in [-0.3, -0.25) is 4.90 Å². The molecule has 0 amide bonds. The third kappa shape index (κ3) is 3.19. The number of benzene rings is 2. The molecule has 2 aromatic carbocycles. The lowest BCUT2D eigenvalue weighted by Crippen LogP contribution is -2.21. The molecular formula is C20H19N3O2. The second-order valence-corrected chi connectivity index (χ2v) is 6.16. The van der Waals surface area contributed by atoms with Crippen LogP contribution in [0.3, 0.4) is 0 Å². The smallest absolute Gasteiger partial charge is 0.241 e. The topological polar surface area (TPSA) is 55.3 Å². The van der Waals surface area contributed by atoms with Crippen molar-refractivity contribution in [2.75, 3.05) is 7.05 Å². The monoisotopic (exact) mass is 333 g/mol. The van der Waals surface area contributed by atoms with Crippen LogP contribution in [0.2, 0.25) is 0 Å². The highest BCUT2D eigenvalue weighted by Crippen LogP contribution is 2.27. The van der Waals surface area contributed by atoms with E-state index in [0.717, 1.165) is 22.3 Å². The predicted molar refractivity (Wildman–Crippen MR) is 95.8 cm³/mol. The van der Waals surface area contributed by atoms with Crippen molar-refractivity contribution in [1.29, 1.82) is 0 Å². The van der Waals surface area contributed by atoms with Gasteiger partial charge in [0.05, 0.1) is 12.6 Å². The van der Waals surface area contributed by atoms with Gasteiger partial charge < -0.3 is 8.94 Å². The number of para-hydroxylation sites is 1. The van der Waals surface area contributed by atoms with Crippen molar-refractivity contribution >= 4 is 11.0 Å². The minimum atomic E-state index is 0.0967. The van der Waals surface area contributed by atoms with Crippen LogP contribution in [0.1, 0.15) is 24.6 Å². The van der Waals surface area contributed by atoms with Gasteiger partial charge in [0.1, 0.15) is 11.3 Å². The van der Waals surface area contributed by atoms with Crippen LogP contribution in [-0.4, -0.2) is 22.1 Å². The molecule has 1 atom stereocenters. The zero-order valence-corrected chi connectivity index (χ0v) is 14.2. The molecule has 2 heterocycles. The van der Waals surface area contributed by atoms with Crippen LogP contribution in [0, 0.1) is 0 Å². The Labute approximate surface area is 145 Å². The lowest BCUT2D eigenvalue weighted by atomic mass is 10.2. The molecule has 0 unspecified atom stereocenters. The van der Waals surface area contributed by atoms with E-state index in [-0.39, 0.29) is 6.04 Å². The summed E-state index contributed by atoms with van der Waals surface area (Å²) >= 11 is 0. The van der Waals surface area contributed by atoms with Gasteiger partial charge in [-0.05, 0) is 26.1 Å². The van der Waals surface area contributed by atoms with E-state index in [1.54, 1.807) is 0 Å². The summed E-state index contributed by atoms with van der Waals surface area (Å²) in [4.78, 5) is 6.61. The van der Waals surface area contributed by atoms with E-state index in [9.17, 15) is 0 Å². The lowest BCUT2D eigenvalue weighted by Gasteiger charge is -2.20. The molecule has 0 aliphatic heterocycles. The largest absolute Gasteiger partial charge is 0.459 e. The van der Waals surface area contributed by atoms with Crippen molar-refractivity contribution in [2.24, 2.45) is 0 Å². The SMILES string of the molecule is C[C@@H](c1cc2ccccc2o1)N(C)Cc1nc(-c2ccccc2)no1. The van der Waals surface area contributed by atoms with Gasteiger partial charge in [-0.1, -0.05) is 53.7 Å². The maximum atomic E-state index is 5.95. The third-order valence-corrected chi connectivity index (χ3v) is 4.40. The molecule has 0 N–H and O–H groups in total. The van der Waals surface area contributed by atoms with Crippen LogP contribution in [0.5, 0.6) is 0 Å². The summed E-state index contributed by atoms with van der Waals surface area (Å²) in [5, 5.41) is 5.18. The Balaban J connectivity index is 1.49. The first-order valence-corrected chi connectivity index (χ1v) is 8.27. The predicted octanol–water partition coefficient (Wildman–Crippen LogP) is 4.68. The Kier molecular flexibility index (Phi) is 4.07. The first-order chi connectivity index (χ1) is 12.2. The number of aromatic nitrogens is 2. The molecule has 0 spiro atoms. The number of furan rings is 1. The van der Waals surface area contributed by atoms with Crippen LogP contribution in [0.15, 0.2) is 69.6 Å². The van der Waals surface area contributed by atoms with Crippen LogP contribution in [0.25, 0.3) is 22.4 Å². The Morgan fingerprint density at radius 2 is 1.80 bits per heavy atom. The minimum Gasteiger partial charge on any atom is -0.459 e. The second kappa shape index (κ2) is 6.53. The Hall–Kier alpha value is -2.92. The molecule has 0 radical (unpaired) electrons. The minimum absolute atomic E-state index is 0.0967. The number of rotatable bonds is 5. The van der Waals surface area contributed by atoms with E-state index < -0.39 is 0 Å². The van der Waals surface area contributed by atoms with E-state index in [1.165, 1.54) is 0 Å². The second-order valence-electron chi connectivity index (χ2n) is 6.16. The Morgan fingerprint density at radius 3 is 2.60 bits per heavy atom. The molecule has 5 heteroatoms. The van der Waals surface area contributed by atoms with E-state index in [4.69, 9.17) is 8.94 Å². The van der Waals surface area contributed by atoms with Gasteiger partial charge in [-0.25, -0.2) is 0 Å². The van der Waals surface area contributed by atoms with E-state index in [2.05, 4.69) is 34.1 Å². The first-order valence-electron chi connectivity index (χ1n) is 8.27. The van der Waals surface area contributed by atoms with Crippen LogP contribution in [0.4, 0.5) is 0 Å². The fourth-order valence-electron chi connectivity index (χ4n) is 2.80. The van der Waals surface area contributed by atoms with Crippen molar-refractivity contribution in [3.63, 3.8) is 0 Å². The van der Waals surface area contributed by atoms with E-state index >= 15 is 0 Å². The first kappa shape index (κ1) is 15.6. The maximum Gasteiger partial charge on any atom is 0.241 e. The fourth-order valence-corrected chi connectivity index (χ4v) is 2.80. The van der Waals surface area contributed by atoms with Crippen LogP contribution < -0.4 is 0 Å². The van der Waals surface area contributed by atoms with Gasteiger partial charge in [-0.2, -0.15) is 4.98 Å². The molecule has 4 rings (SSSR count). The maximum absolute atomic E-state index is 5.95. The standard InChI is InChI=1S/C20H19N3O2/c1-14(18-12-16-10-6-7-11-17(16)24-18)23(2)13-19-21-20(22-25-19)15-8-4-3-5-9-15/h3-12,14H,13H2,1-2H3/t14-/m0/s1. The average Bonchev–Trinajstić information content (AvgIpc) is 3.28. The van der Waals surface area contributed by atoms with Gasteiger partial charge in [-0.15, -0.1) is 0 Å². The van der Waals surface area contributed by atoms with Crippen molar-refractivity contribution < 1.29 is 8.94 Å². The molecule has 0 fully saturated rings. The summed E-state index contributed by atoms with van der Waals surface area (Å²) in [5.41, 5.74) is 1.85. The van der Waals surface area contributed by atoms with Gasteiger partial charge in [0.2, 0.25) is 11.7 Å². The molecule has 5 nitrogen and oxygen atoms in total. The Morgan fingerprint density at radius 1 is 1.04 bits per heavy atom. The number of hydrogen-bond donors (Lipinski definition) is 0. The van der Waals surface area contributed by atoms with Gasteiger partial charge in [0.15, 0.2) is 0 Å². The third-order valence-electron chi connectivity index (χ3n) is 4.40. The van der Waals surface area contributed by atoms with Crippen molar-refractivity contribution in [1.82, 2.24) is 15.0 Å². The highest BCUT2D eigenvalue weighted by molar-refractivity contribution is 5.77. The summed E-state index contributed by atoms with van der Waals surface area (Å²) in [6, 6.07) is 20.0. The van der Waals surface area contributed by atoms with Crippen molar-refractivity contribution in [2.45, 2.75) is 19.5 Å². The molecule has 0 aliphatic carbocycles. The molecular weight excluding hydrogens is 314 g/mol. The summed E-state index contributed by atoms with van der Waals surface area (Å²) < 4.78 is 11.4. The number of hydrogen-bond acceptors (Lipinski definition) is 5. The summed E-state index contributed by atoms with van der Waals surface area (Å²) in [5.74, 6) is 2.12.